The Morgan fingerprint density at radius 1 is 0.755 bits per heavy atom. The van der Waals surface area contributed by atoms with Crippen molar-refractivity contribution in [3.63, 3.8) is 0 Å². The van der Waals surface area contributed by atoms with Gasteiger partial charge in [0.25, 0.3) is 0 Å². The first-order chi connectivity index (χ1) is 23.1. The van der Waals surface area contributed by atoms with Crippen LogP contribution in [0.5, 0.6) is 0 Å². The van der Waals surface area contributed by atoms with Crippen molar-refractivity contribution in [3.8, 4) is 0 Å². The molecule has 0 aromatic carbocycles. The molecule has 0 spiro atoms. The van der Waals surface area contributed by atoms with E-state index in [9.17, 15) is 48.9 Å². The molecule has 280 valence electrons. The number of nitrogens with zero attached hydrogens (tertiary/aromatic N) is 1. The van der Waals surface area contributed by atoms with E-state index in [1.54, 1.807) is 20.1 Å². The van der Waals surface area contributed by atoms with Crippen LogP contribution in [0, 0.1) is 5.92 Å². The Bertz CT molecular complexity index is 1150. The van der Waals surface area contributed by atoms with E-state index in [1.807, 2.05) is 6.26 Å². The maximum Gasteiger partial charge on any atom is 0.326 e. The zero-order chi connectivity index (χ0) is 37.3. The van der Waals surface area contributed by atoms with Crippen molar-refractivity contribution < 1.29 is 48.9 Å². The van der Waals surface area contributed by atoms with Gasteiger partial charge in [0.05, 0.1) is 19.3 Å². The number of rotatable bonds is 22. The van der Waals surface area contributed by atoms with Crippen LogP contribution in [0.1, 0.15) is 52.9 Å². The van der Waals surface area contributed by atoms with Crippen molar-refractivity contribution >= 4 is 64.9 Å². The van der Waals surface area contributed by atoms with E-state index >= 15 is 0 Å². The third-order valence-corrected chi connectivity index (χ3v) is 9.02. The molecule has 0 bridgehead atoms. The minimum absolute atomic E-state index is 0.0398. The van der Waals surface area contributed by atoms with E-state index < -0.39 is 96.9 Å². The number of aliphatic hydroxyl groups is 2. The topological polar surface area (TPSA) is 270 Å². The number of nitrogens with one attached hydrogen (secondary N) is 5. The maximum atomic E-state index is 13.2. The Balaban J connectivity index is 2.91. The minimum atomic E-state index is -1.59. The zero-order valence-electron chi connectivity index (χ0n) is 28.7. The third kappa shape index (κ3) is 14.7. The van der Waals surface area contributed by atoms with Gasteiger partial charge in [-0.25, -0.2) is 4.79 Å². The summed E-state index contributed by atoms with van der Waals surface area (Å²) in [5.41, 5.74) is 5.88. The van der Waals surface area contributed by atoms with E-state index in [-0.39, 0.29) is 31.7 Å². The van der Waals surface area contributed by atoms with Gasteiger partial charge in [-0.15, -0.1) is 0 Å². The first kappa shape index (κ1) is 43.9. The summed E-state index contributed by atoms with van der Waals surface area (Å²) < 4.78 is 0. The van der Waals surface area contributed by atoms with Gasteiger partial charge in [0.1, 0.15) is 36.3 Å². The van der Waals surface area contributed by atoms with E-state index in [0.29, 0.717) is 24.3 Å². The number of hydrogen-bond acceptors (Lipinski definition) is 12. The van der Waals surface area contributed by atoms with Crippen molar-refractivity contribution in [1.82, 2.24) is 31.5 Å². The summed E-state index contributed by atoms with van der Waals surface area (Å²) in [5, 5.41) is 41.4. The molecule has 1 aliphatic rings. The molecule has 10 N–H and O–H groups in total. The molecular weight excluding hydrogens is 683 g/mol. The van der Waals surface area contributed by atoms with Crippen molar-refractivity contribution in [3.05, 3.63) is 0 Å². The molecule has 0 saturated carbocycles. The van der Waals surface area contributed by atoms with Crippen LogP contribution in [-0.4, -0.2) is 148 Å². The fourth-order valence-electron chi connectivity index (χ4n) is 4.98. The predicted octanol–water partition coefficient (Wildman–Crippen LogP) is -2.63. The van der Waals surface area contributed by atoms with Crippen LogP contribution < -0.4 is 32.3 Å². The number of thioether (sulfide) groups is 2. The molecular formula is C30H53N7O10S2. The number of carboxylic acid groups (broad SMARTS) is 1. The summed E-state index contributed by atoms with van der Waals surface area (Å²) in [6, 6.07) is -8.31. The fourth-order valence-corrected chi connectivity index (χ4v) is 5.94. The van der Waals surface area contributed by atoms with Crippen molar-refractivity contribution in [2.24, 2.45) is 11.7 Å². The van der Waals surface area contributed by atoms with Crippen LogP contribution >= 0.6 is 23.5 Å². The van der Waals surface area contributed by atoms with Gasteiger partial charge in [-0.2, -0.15) is 23.5 Å². The highest BCUT2D eigenvalue weighted by Gasteiger charge is 2.38. The largest absolute Gasteiger partial charge is 0.480 e. The predicted molar refractivity (Wildman–Crippen MR) is 185 cm³/mol. The molecule has 0 aliphatic carbocycles. The lowest BCUT2D eigenvalue weighted by atomic mass is 10.0. The lowest BCUT2D eigenvalue weighted by Gasteiger charge is -2.29. The first-order valence-corrected chi connectivity index (χ1v) is 18.9. The third-order valence-electron chi connectivity index (χ3n) is 7.73. The Labute approximate surface area is 295 Å². The fraction of sp³-hybridized carbons (Fsp3) is 0.767. The summed E-state index contributed by atoms with van der Waals surface area (Å²) in [6.07, 6.45) is 5.08. The smallest absolute Gasteiger partial charge is 0.326 e. The van der Waals surface area contributed by atoms with E-state index in [4.69, 9.17) is 5.73 Å². The summed E-state index contributed by atoms with van der Waals surface area (Å²) >= 11 is 2.91. The second-order valence-corrected chi connectivity index (χ2v) is 14.1. The SMILES string of the molecule is CSCC[C@H](NC(=O)[C@H](CO)NC(=O)[C@H](CO)NC(=O)[C@@H]1CCCN1C(=O)[C@H](C)NC(=O)[C@@H](N)CCSC)C(=O)N[C@@H](CC(C)C)C(=O)O. The number of carbonyl (C=O) groups excluding carboxylic acids is 6. The van der Waals surface area contributed by atoms with Crippen LogP contribution in [0.3, 0.4) is 0 Å². The summed E-state index contributed by atoms with van der Waals surface area (Å²) in [6.45, 7) is 3.50. The second-order valence-electron chi connectivity index (χ2n) is 12.2. The van der Waals surface area contributed by atoms with Crippen LogP contribution in [-0.2, 0) is 33.6 Å². The maximum absolute atomic E-state index is 13.2. The van der Waals surface area contributed by atoms with Crippen LogP contribution in [0.4, 0.5) is 0 Å². The normalized spacial score (nSPS) is 18.0. The van der Waals surface area contributed by atoms with Crippen LogP contribution in [0.2, 0.25) is 0 Å². The van der Waals surface area contributed by atoms with Crippen molar-refractivity contribution in [2.45, 2.75) is 95.2 Å². The van der Waals surface area contributed by atoms with Crippen molar-refractivity contribution in [1.29, 1.82) is 0 Å². The molecule has 1 aliphatic heterocycles. The van der Waals surface area contributed by atoms with Gasteiger partial charge in [-0.1, -0.05) is 13.8 Å². The minimum Gasteiger partial charge on any atom is -0.480 e. The number of carboxylic acids is 1. The number of amides is 6. The molecule has 0 unspecified atom stereocenters. The Kier molecular flexibility index (Phi) is 20.2. The summed E-state index contributed by atoms with van der Waals surface area (Å²) in [5.74, 6) is -4.67. The second kappa shape index (κ2) is 22.6. The van der Waals surface area contributed by atoms with Gasteiger partial charge in [0.2, 0.25) is 35.4 Å². The first-order valence-electron chi connectivity index (χ1n) is 16.1. The lowest BCUT2D eigenvalue weighted by Crippen LogP contribution is -2.60. The quantitative estimate of drug-likeness (QED) is 0.0552. The number of carbonyl (C=O) groups is 7. The van der Waals surface area contributed by atoms with Crippen LogP contribution in [0.25, 0.3) is 0 Å². The molecule has 6 amide bonds. The van der Waals surface area contributed by atoms with E-state index in [0.717, 1.165) is 0 Å². The number of likely N-dealkylation sites (tertiary alicyclic amines) is 1. The monoisotopic (exact) mass is 735 g/mol. The van der Waals surface area contributed by atoms with Gasteiger partial charge >= 0.3 is 5.97 Å². The number of aliphatic hydroxyl groups excluding tert-OH is 2. The Morgan fingerprint density at radius 2 is 1.27 bits per heavy atom. The highest BCUT2D eigenvalue weighted by Crippen LogP contribution is 2.19. The van der Waals surface area contributed by atoms with Gasteiger partial charge in [0, 0.05) is 6.54 Å². The van der Waals surface area contributed by atoms with Crippen molar-refractivity contribution in [2.75, 3.05) is 43.8 Å². The lowest BCUT2D eigenvalue weighted by molar-refractivity contribution is -0.143. The molecule has 17 nitrogen and oxygen atoms in total. The number of hydrogen-bond donors (Lipinski definition) is 9. The molecule has 1 rings (SSSR count). The molecule has 49 heavy (non-hydrogen) atoms. The van der Waals surface area contributed by atoms with Gasteiger partial charge < -0.3 is 52.5 Å². The molecule has 0 radical (unpaired) electrons. The van der Waals surface area contributed by atoms with Crippen LogP contribution in [0.15, 0.2) is 0 Å². The Hall–Kier alpha value is -3.13. The molecule has 19 heteroatoms. The van der Waals surface area contributed by atoms with Gasteiger partial charge in [-0.3, -0.25) is 28.8 Å². The molecule has 0 aromatic rings. The van der Waals surface area contributed by atoms with Gasteiger partial charge in [0.15, 0.2) is 0 Å². The van der Waals surface area contributed by atoms with Gasteiger partial charge in [-0.05, 0) is 69.0 Å². The number of nitrogens with two attached hydrogens (primary N) is 1. The molecule has 1 saturated heterocycles. The zero-order valence-corrected chi connectivity index (χ0v) is 30.4. The summed E-state index contributed by atoms with van der Waals surface area (Å²) in [7, 11) is 0. The average Bonchev–Trinajstić information content (AvgIpc) is 3.55. The summed E-state index contributed by atoms with van der Waals surface area (Å²) in [4.78, 5) is 90.7. The molecule has 0 aromatic heterocycles. The Morgan fingerprint density at radius 3 is 1.80 bits per heavy atom. The number of aliphatic carboxylic acids is 1. The highest BCUT2D eigenvalue weighted by atomic mass is 32.2. The van der Waals surface area contributed by atoms with E-state index in [2.05, 4.69) is 26.6 Å². The highest BCUT2D eigenvalue weighted by molar-refractivity contribution is 7.98. The molecule has 7 atom stereocenters. The molecule has 1 heterocycles. The molecule has 1 fully saturated rings. The standard InChI is InChI=1S/C30H53N7O10S2/c1-16(2)13-20(30(46)47)34-25(41)19(9-12-49-5)33-26(42)21(14-38)35-27(43)22(15-39)36-28(44)23-7-6-10-37(23)29(45)17(3)32-24(40)18(31)8-11-48-4/h16-23,38-39H,6-15,31H2,1-5H3,(H,32,40)(H,33,42)(H,34,41)(H,35,43)(H,36,44)(H,46,47)/t17-,18-,19-,20-,21-,22-,23-/m0/s1. The van der Waals surface area contributed by atoms with E-state index in [1.165, 1.54) is 35.3 Å². The average molecular weight is 736 g/mol.